The molecule has 3 amide bonds. The van der Waals surface area contributed by atoms with Gasteiger partial charge in [0.05, 0.1) is 11.1 Å². The van der Waals surface area contributed by atoms with Crippen LogP contribution in [0.3, 0.4) is 0 Å². The van der Waals surface area contributed by atoms with Crippen molar-refractivity contribution in [2.24, 2.45) is 0 Å². The van der Waals surface area contributed by atoms with Crippen LogP contribution < -0.4 is 25.4 Å². The van der Waals surface area contributed by atoms with Crippen LogP contribution in [0.4, 0.5) is 17.1 Å². The third-order valence-electron chi connectivity index (χ3n) is 7.47. The average molecular weight is 712 g/mol. The monoisotopic (exact) mass is 711 g/mol. The number of amides is 3. The molecule has 0 unspecified atom stereocenters. The Morgan fingerprint density at radius 1 is 0.491 bits per heavy atom. The second-order valence-corrected chi connectivity index (χ2v) is 11.6. The summed E-state index contributed by atoms with van der Waals surface area (Å²) in [6.45, 7) is 2.21. The van der Waals surface area contributed by atoms with Gasteiger partial charge in [0.1, 0.15) is 42.0 Å². The first-order valence-electron chi connectivity index (χ1n) is 16.4. The molecule has 11 nitrogen and oxygen atoms in total. The van der Waals surface area contributed by atoms with E-state index < -0.39 is 11.8 Å². The number of carbonyl (C=O) groups excluding carboxylic acids is 3. The summed E-state index contributed by atoms with van der Waals surface area (Å²) in [5.74, 6) is -0.572. The van der Waals surface area contributed by atoms with Crippen molar-refractivity contribution in [1.29, 1.82) is 0 Å². The number of benzene rings is 6. The number of hydrogen-bond donors (Lipinski definition) is 6. The maximum Gasteiger partial charge on any atom is 0.259 e. The quantitative estimate of drug-likeness (QED) is 0.0784. The second kappa shape index (κ2) is 18.1. The van der Waals surface area contributed by atoms with Gasteiger partial charge >= 0.3 is 0 Å². The van der Waals surface area contributed by atoms with E-state index in [1.807, 2.05) is 60.7 Å². The van der Waals surface area contributed by atoms with Gasteiger partial charge in [0.15, 0.2) is 0 Å². The minimum atomic E-state index is -0.474. The molecule has 6 aromatic carbocycles. The fourth-order valence-electron chi connectivity index (χ4n) is 4.92. The average Bonchev–Trinajstić information content (AvgIpc) is 3.14. The largest absolute Gasteiger partial charge is 0.508 e. The molecule has 0 fully saturated rings. The molecule has 268 valence electrons. The van der Waals surface area contributed by atoms with E-state index in [4.69, 9.17) is 9.47 Å². The van der Waals surface area contributed by atoms with Gasteiger partial charge in [-0.15, -0.1) is 0 Å². The third-order valence-corrected chi connectivity index (χ3v) is 7.47. The van der Waals surface area contributed by atoms with E-state index in [1.165, 1.54) is 31.2 Å². The van der Waals surface area contributed by atoms with Crippen LogP contribution in [-0.2, 0) is 18.0 Å². The molecule has 0 aromatic heterocycles. The molecule has 0 atom stereocenters. The Morgan fingerprint density at radius 2 is 0.943 bits per heavy atom. The van der Waals surface area contributed by atoms with Crippen molar-refractivity contribution in [3.05, 3.63) is 168 Å². The van der Waals surface area contributed by atoms with Gasteiger partial charge in [-0.3, -0.25) is 14.4 Å². The fraction of sp³-hybridized carbons (Fsp3) is 0.0714. The molecule has 6 rings (SSSR count). The first-order valence-corrected chi connectivity index (χ1v) is 16.4. The Balaban J connectivity index is 0.000000206. The summed E-state index contributed by atoms with van der Waals surface area (Å²) in [4.78, 5) is 35.8. The van der Waals surface area contributed by atoms with Crippen LogP contribution in [0.5, 0.6) is 28.7 Å². The predicted molar refractivity (Wildman–Crippen MR) is 203 cm³/mol. The van der Waals surface area contributed by atoms with Crippen LogP contribution in [0.2, 0.25) is 0 Å². The molecule has 53 heavy (non-hydrogen) atoms. The molecule has 0 aliphatic carbocycles. The molecule has 0 radical (unpaired) electrons. The van der Waals surface area contributed by atoms with E-state index in [0.717, 1.165) is 17.2 Å². The van der Waals surface area contributed by atoms with Crippen molar-refractivity contribution >= 4 is 34.8 Å². The van der Waals surface area contributed by atoms with Crippen molar-refractivity contribution in [3.8, 4) is 28.7 Å². The van der Waals surface area contributed by atoms with E-state index in [1.54, 1.807) is 54.6 Å². The van der Waals surface area contributed by atoms with Gasteiger partial charge in [-0.2, -0.15) is 0 Å². The number of phenols is 3. The lowest BCUT2D eigenvalue weighted by Crippen LogP contribution is -2.13. The summed E-state index contributed by atoms with van der Waals surface area (Å²) in [5, 5.41) is 37.1. The number of hydrogen-bond acceptors (Lipinski definition) is 8. The van der Waals surface area contributed by atoms with Crippen LogP contribution in [0.1, 0.15) is 38.8 Å². The Bertz CT molecular complexity index is 2180. The van der Waals surface area contributed by atoms with Gasteiger partial charge in [-0.1, -0.05) is 72.8 Å². The van der Waals surface area contributed by atoms with Gasteiger partial charge in [0, 0.05) is 48.3 Å². The third kappa shape index (κ3) is 11.4. The maximum absolute atomic E-state index is 12.5. The first-order chi connectivity index (χ1) is 25.6. The molecular formula is C42H37N3O8. The Morgan fingerprint density at radius 3 is 1.40 bits per heavy atom. The van der Waals surface area contributed by atoms with Crippen LogP contribution in [0, 0.1) is 0 Å². The fourth-order valence-corrected chi connectivity index (χ4v) is 4.92. The Labute approximate surface area is 306 Å². The molecule has 0 aliphatic heterocycles. The summed E-state index contributed by atoms with van der Waals surface area (Å²) in [6.07, 6.45) is 0. The molecule has 0 aliphatic rings. The van der Waals surface area contributed by atoms with Gasteiger partial charge in [-0.25, -0.2) is 0 Å². The molecule has 6 N–H and O–H groups in total. The molecule has 0 bridgehead atoms. The van der Waals surface area contributed by atoms with Crippen LogP contribution in [0.25, 0.3) is 0 Å². The molecular weight excluding hydrogens is 674 g/mol. The lowest BCUT2D eigenvalue weighted by molar-refractivity contribution is -0.114. The van der Waals surface area contributed by atoms with Crippen molar-refractivity contribution < 1.29 is 39.2 Å². The molecule has 11 heteroatoms. The minimum Gasteiger partial charge on any atom is -0.508 e. The topological polar surface area (TPSA) is 166 Å². The van der Waals surface area contributed by atoms with Crippen LogP contribution in [-0.4, -0.2) is 33.0 Å². The molecule has 0 spiro atoms. The highest BCUT2D eigenvalue weighted by Crippen LogP contribution is 2.26. The normalized spacial score (nSPS) is 10.2. The van der Waals surface area contributed by atoms with Crippen molar-refractivity contribution in [2.45, 2.75) is 20.1 Å². The highest BCUT2D eigenvalue weighted by atomic mass is 16.5. The van der Waals surface area contributed by atoms with Gasteiger partial charge < -0.3 is 40.7 Å². The predicted octanol–water partition coefficient (Wildman–Crippen LogP) is 8.11. The second-order valence-electron chi connectivity index (χ2n) is 11.6. The van der Waals surface area contributed by atoms with Crippen LogP contribution >= 0.6 is 0 Å². The number of nitrogens with one attached hydrogen (secondary N) is 3. The number of ether oxygens (including phenoxy) is 2. The summed E-state index contributed by atoms with van der Waals surface area (Å²) in [6, 6.07) is 41.7. The summed E-state index contributed by atoms with van der Waals surface area (Å²) in [5.41, 5.74) is 3.77. The van der Waals surface area contributed by atoms with Gasteiger partial charge in [0.2, 0.25) is 5.91 Å². The standard InChI is InChI=1S/C22H20N2O4.C20H17NO4/c1-15(25)23-18-10-11-20(21(26)13-18)22(27)24-17-8-5-9-19(12-17)28-14-16-6-3-2-4-7-16;22-16-9-10-18(19(23)12-16)20(24)21-15-7-4-8-17(11-15)25-13-14-5-2-1-3-6-14/h2-13,26H,14H2,1H3,(H,23,25)(H,24,27);1-12,22-23H,13H2,(H,21,24). The van der Waals surface area contributed by atoms with Gasteiger partial charge in [0.25, 0.3) is 11.8 Å². The minimum absolute atomic E-state index is 0.0772. The van der Waals surface area contributed by atoms with Crippen LogP contribution in [0.15, 0.2) is 146 Å². The summed E-state index contributed by atoms with van der Waals surface area (Å²) in [7, 11) is 0. The highest BCUT2D eigenvalue weighted by molar-refractivity contribution is 6.07. The first kappa shape index (κ1) is 37.0. The SMILES string of the molecule is CC(=O)Nc1ccc(C(=O)Nc2cccc(OCc3ccccc3)c2)c(O)c1.O=C(Nc1cccc(OCc2ccccc2)c1)c1ccc(O)cc1O. The number of aromatic hydroxyl groups is 3. The van der Waals surface area contributed by atoms with E-state index in [2.05, 4.69) is 16.0 Å². The zero-order valence-electron chi connectivity index (χ0n) is 28.7. The van der Waals surface area contributed by atoms with E-state index in [9.17, 15) is 29.7 Å². The number of anilines is 3. The molecule has 0 saturated carbocycles. The lowest BCUT2D eigenvalue weighted by atomic mass is 10.1. The number of rotatable bonds is 11. The lowest BCUT2D eigenvalue weighted by Gasteiger charge is -2.11. The van der Waals surface area contributed by atoms with E-state index in [-0.39, 0.29) is 34.3 Å². The zero-order chi connectivity index (χ0) is 37.6. The van der Waals surface area contributed by atoms with Gasteiger partial charge in [-0.05, 0) is 59.7 Å². The molecule has 0 saturated heterocycles. The van der Waals surface area contributed by atoms with Crippen molar-refractivity contribution in [3.63, 3.8) is 0 Å². The van der Waals surface area contributed by atoms with Crippen molar-refractivity contribution in [2.75, 3.05) is 16.0 Å². The maximum atomic E-state index is 12.5. The smallest absolute Gasteiger partial charge is 0.259 e. The zero-order valence-corrected chi connectivity index (χ0v) is 28.7. The summed E-state index contributed by atoms with van der Waals surface area (Å²) >= 11 is 0. The van der Waals surface area contributed by atoms with Crippen molar-refractivity contribution in [1.82, 2.24) is 0 Å². The number of phenolic OH excluding ortho intramolecular Hbond substituents is 3. The molecule has 6 aromatic rings. The van der Waals surface area contributed by atoms with E-state index in [0.29, 0.717) is 41.8 Å². The Hall–Kier alpha value is -7.27. The molecule has 0 heterocycles. The van der Waals surface area contributed by atoms with E-state index >= 15 is 0 Å². The number of carbonyl (C=O) groups is 3. The summed E-state index contributed by atoms with van der Waals surface area (Å²) < 4.78 is 11.5. The Kier molecular flexibility index (Phi) is 12.6. The highest BCUT2D eigenvalue weighted by Gasteiger charge is 2.14.